The van der Waals surface area contributed by atoms with Crippen LogP contribution in [0.4, 0.5) is 10.8 Å². The second kappa shape index (κ2) is 8.15. The number of amides is 1. The lowest BCUT2D eigenvalue weighted by atomic mass is 10.2. The molecular formula is C19H21N3O4S2. The largest absolute Gasteiger partial charge is 0.494 e. The molecule has 3 aromatic rings. The summed E-state index contributed by atoms with van der Waals surface area (Å²) in [4.78, 5) is 16.1. The molecule has 7 nitrogen and oxygen atoms in total. The van der Waals surface area contributed by atoms with E-state index in [2.05, 4.69) is 15.0 Å². The summed E-state index contributed by atoms with van der Waals surface area (Å²) in [6.07, 6.45) is 0.363. The van der Waals surface area contributed by atoms with Gasteiger partial charge in [-0.05, 0) is 55.8 Å². The highest BCUT2D eigenvalue weighted by Crippen LogP contribution is 2.32. The predicted molar refractivity (Wildman–Crippen MR) is 112 cm³/mol. The lowest BCUT2D eigenvalue weighted by molar-refractivity contribution is -0.115. The van der Waals surface area contributed by atoms with Crippen LogP contribution in [-0.4, -0.2) is 25.9 Å². The molecule has 1 heterocycles. The molecule has 1 amide bonds. The number of anilines is 2. The molecule has 0 aliphatic heterocycles. The topological polar surface area (TPSA) is 97.4 Å². The highest BCUT2D eigenvalue weighted by atomic mass is 32.2. The van der Waals surface area contributed by atoms with Crippen LogP contribution in [-0.2, 0) is 14.8 Å². The number of sulfonamides is 1. The number of nitrogens with zero attached hydrogens (tertiary/aromatic N) is 1. The van der Waals surface area contributed by atoms with E-state index < -0.39 is 10.0 Å². The van der Waals surface area contributed by atoms with E-state index in [1.54, 1.807) is 31.2 Å². The van der Waals surface area contributed by atoms with E-state index in [9.17, 15) is 13.2 Å². The molecule has 0 radical (unpaired) electrons. The van der Waals surface area contributed by atoms with Gasteiger partial charge < -0.3 is 10.1 Å². The molecule has 28 heavy (non-hydrogen) atoms. The summed E-state index contributed by atoms with van der Waals surface area (Å²) in [5.74, 6) is 0.498. The van der Waals surface area contributed by atoms with Crippen molar-refractivity contribution in [3.63, 3.8) is 0 Å². The Hall–Kier alpha value is -2.65. The molecule has 2 N–H and O–H groups in total. The number of thiazole rings is 1. The average molecular weight is 420 g/mol. The number of benzene rings is 2. The minimum absolute atomic E-state index is 0.117. The number of hydrogen-bond acceptors (Lipinski definition) is 6. The third-order valence-corrected chi connectivity index (χ3v) is 6.27. The fraction of sp³-hybridized carbons (Fsp3) is 0.263. The van der Waals surface area contributed by atoms with E-state index in [-0.39, 0.29) is 10.8 Å². The van der Waals surface area contributed by atoms with Gasteiger partial charge >= 0.3 is 0 Å². The van der Waals surface area contributed by atoms with E-state index in [0.717, 1.165) is 15.8 Å². The number of carbonyl (C=O) groups is 1. The minimum atomic E-state index is -3.74. The van der Waals surface area contributed by atoms with Gasteiger partial charge in [-0.2, -0.15) is 0 Å². The molecule has 0 atom stereocenters. The molecule has 148 valence electrons. The van der Waals surface area contributed by atoms with Crippen LogP contribution in [0.1, 0.15) is 25.8 Å². The first-order chi connectivity index (χ1) is 13.3. The number of carbonyl (C=O) groups excluding carboxylic acids is 1. The van der Waals surface area contributed by atoms with Crippen molar-refractivity contribution in [2.75, 3.05) is 16.6 Å². The van der Waals surface area contributed by atoms with Gasteiger partial charge in [0.05, 0.1) is 27.4 Å². The van der Waals surface area contributed by atoms with Crippen molar-refractivity contribution in [1.82, 2.24) is 4.98 Å². The number of aromatic nitrogens is 1. The van der Waals surface area contributed by atoms with Gasteiger partial charge in [-0.25, -0.2) is 13.4 Å². The van der Waals surface area contributed by atoms with Crippen molar-refractivity contribution in [2.45, 2.75) is 32.1 Å². The Morgan fingerprint density at radius 2 is 1.89 bits per heavy atom. The Morgan fingerprint density at radius 1 is 1.18 bits per heavy atom. The van der Waals surface area contributed by atoms with Gasteiger partial charge in [-0.3, -0.25) is 9.52 Å². The normalized spacial score (nSPS) is 11.4. The predicted octanol–water partition coefficient (Wildman–Crippen LogP) is 4.15. The van der Waals surface area contributed by atoms with E-state index in [1.807, 2.05) is 13.8 Å². The first kappa shape index (κ1) is 20.1. The smallest absolute Gasteiger partial charge is 0.261 e. The molecule has 0 spiro atoms. The van der Waals surface area contributed by atoms with Gasteiger partial charge in [0.2, 0.25) is 5.91 Å². The maximum Gasteiger partial charge on any atom is 0.261 e. The van der Waals surface area contributed by atoms with Crippen LogP contribution in [0.2, 0.25) is 0 Å². The highest BCUT2D eigenvalue weighted by Gasteiger charge is 2.16. The third-order valence-electron chi connectivity index (χ3n) is 3.95. The van der Waals surface area contributed by atoms with Crippen LogP contribution in [0, 0.1) is 6.92 Å². The molecule has 1 aromatic heterocycles. The molecule has 0 saturated carbocycles. The van der Waals surface area contributed by atoms with Crippen LogP contribution < -0.4 is 14.8 Å². The molecule has 0 unspecified atom stereocenters. The summed E-state index contributed by atoms with van der Waals surface area (Å²) in [6, 6.07) is 9.69. The maximum absolute atomic E-state index is 12.7. The fourth-order valence-electron chi connectivity index (χ4n) is 2.61. The van der Waals surface area contributed by atoms with Crippen LogP contribution in [0.25, 0.3) is 10.2 Å². The summed E-state index contributed by atoms with van der Waals surface area (Å²) in [6.45, 7) is 5.99. The Kier molecular flexibility index (Phi) is 5.85. The Bertz CT molecular complexity index is 1110. The molecule has 0 aliphatic rings. The van der Waals surface area contributed by atoms with E-state index in [0.29, 0.717) is 29.6 Å². The minimum Gasteiger partial charge on any atom is -0.494 e. The van der Waals surface area contributed by atoms with Gasteiger partial charge in [0.25, 0.3) is 10.0 Å². The lowest BCUT2D eigenvalue weighted by Gasteiger charge is -2.10. The average Bonchev–Trinajstić information content (AvgIpc) is 3.05. The van der Waals surface area contributed by atoms with Crippen molar-refractivity contribution in [3.8, 4) is 5.75 Å². The van der Waals surface area contributed by atoms with Gasteiger partial charge in [0, 0.05) is 6.42 Å². The van der Waals surface area contributed by atoms with Crippen LogP contribution in [0.5, 0.6) is 5.75 Å². The number of fused-ring (bicyclic) bond motifs is 1. The second-order valence-electron chi connectivity index (χ2n) is 6.07. The first-order valence-corrected chi connectivity index (χ1v) is 11.1. The molecule has 0 aliphatic carbocycles. The van der Waals surface area contributed by atoms with Crippen LogP contribution >= 0.6 is 11.3 Å². The monoisotopic (exact) mass is 419 g/mol. The number of hydrogen-bond donors (Lipinski definition) is 2. The van der Waals surface area contributed by atoms with Gasteiger partial charge in [-0.15, -0.1) is 0 Å². The Balaban J connectivity index is 1.87. The van der Waals surface area contributed by atoms with E-state index in [1.165, 1.54) is 23.5 Å². The van der Waals surface area contributed by atoms with Crippen molar-refractivity contribution < 1.29 is 17.9 Å². The Labute approximate surface area is 167 Å². The highest BCUT2D eigenvalue weighted by molar-refractivity contribution is 7.92. The maximum atomic E-state index is 12.7. The van der Waals surface area contributed by atoms with E-state index >= 15 is 0 Å². The molecule has 3 rings (SSSR count). The zero-order chi connectivity index (χ0) is 20.3. The lowest BCUT2D eigenvalue weighted by Crippen LogP contribution is -2.13. The zero-order valence-electron chi connectivity index (χ0n) is 15.8. The van der Waals surface area contributed by atoms with Gasteiger partial charge in [-0.1, -0.05) is 18.3 Å². The van der Waals surface area contributed by atoms with Crippen molar-refractivity contribution in [2.24, 2.45) is 0 Å². The molecule has 0 fully saturated rings. The molecule has 9 heteroatoms. The summed E-state index contributed by atoms with van der Waals surface area (Å²) < 4.78 is 34.1. The second-order valence-corrected chi connectivity index (χ2v) is 8.78. The van der Waals surface area contributed by atoms with Crippen molar-refractivity contribution >= 4 is 48.3 Å². The van der Waals surface area contributed by atoms with Crippen molar-refractivity contribution in [3.05, 3.63) is 42.0 Å². The summed E-state index contributed by atoms with van der Waals surface area (Å²) in [7, 11) is -3.74. The fourth-order valence-corrected chi connectivity index (χ4v) is 4.65. The number of nitrogens with one attached hydrogen (secondary N) is 2. The van der Waals surface area contributed by atoms with Crippen LogP contribution in [0.15, 0.2) is 41.3 Å². The molecule has 2 aromatic carbocycles. The summed E-state index contributed by atoms with van der Waals surface area (Å²) in [5, 5.41) is 3.23. The number of ether oxygens (including phenoxy) is 1. The first-order valence-electron chi connectivity index (χ1n) is 8.79. The Morgan fingerprint density at radius 3 is 2.54 bits per heavy atom. The molecule has 0 saturated heterocycles. The SMILES string of the molecule is CCOc1ccc(S(=O)(=O)Nc2cc(C)c3nc(NC(=O)CC)sc3c2)cc1. The zero-order valence-corrected chi connectivity index (χ0v) is 17.4. The van der Waals surface area contributed by atoms with E-state index in [4.69, 9.17) is 4.74 Å². The van der Waals surface area contributed by atoms with Gasteiger partial charge in [0.1, 0.15) is 5.75 Å². The summed E-state index contributed by atoms with van der Waals surface area (Å²) in [5.41, 5.74) is 1.99. The number of rotatable bonds is 7. The quantitative estimate of drug-likeness (QED) is 0.599. The molecule has 0 bridgehead atoms. The third kappa shape index (κ3) is 4.42. The van der Waals surface area contributed by atoms with Gasteiger partial charge in [0.15, 0.2) is 5.13 Å². The van der Waals surface area contributed by atoms with Crippen molar-refractivity contribution in [1.29, 1.82) is 0 Å². The van der Waals surface area contributed by atoms with Crippen LogP contribution in [0.3, 0.4) is 0 Å². The standard InChI is InChI=1S/C19H21N3O4S2/c1-4-17(23)20-19-21-18-12(3)10-13(11-16(18)27-19)22-28(24,25)15-8-6-14(7-9-15)26-5-2/h6-11,22H,4-5H2,1-3H3,(H,20,21,23). The molecular weight excluding hydrogens is 398 g/mol. The number of aryl methyl sites for hydroxylation is 1. The summed E-state index contributed by atoms with van der Waals surface area (Å²) >= 11 is 1.30.